The number of ether oxygens (including phenoxy) is 1. The monoisotopic (exact) mass is 311 g/mol. The lowest BCUT2D eigenvalue weighted by Crippen LogP contribution is -2.33. The summed E-state index contributed by atoms with van der Waals surface area (Å²) < 4.78 is 18.4. The molecule has 0 saturated carbocycles. The summed E-state index contributed by atoms with van der Waals surface area (Å²) in [5.74, 6) is -0.347. The Kier molecular flexibility index (Phi) is 5.42. The van der Waals surface area contributed by atoms with E-state index in [1.54, 1.807) is 43.3 Å². The topological polar surface area (TPSA) is 74.5 Å². The molecule has 2 rings (SSSR count). The molecule has 23 heavy (non-hydrogen) atoms. The third kappa shape index (κ3) is 4.93. The third-order valence-electron chi connectivity index (χ3n) is 2.90. The van der Waals surface area contributed by atoms with E-state index in [2.05, 4.69) is 10.5 Å². The quantitative estimate of drug-likeness (QED) is 0.681. The number of nitrogens with one attached hydrogen (secondary N) is 1. The number of hydrogen-bond acceptors (Lipinski definition) is 4. The molecule has 2 aromatic carbocycles. The normalized spacial score (nSPS) is 11.7. The minimum atomic E-state index is -0.771. The smallest absolute Gasteiger partial charge is 0.280 e. The summed E-state index contributed by atoms with van der Waals surface area (Å²) in [5.41, 5.74) is 3.37. The minimum Gasteiger partial charge on any atom is -0.481 e. The van der Waals surface area contributed by atoms with E-state index in [4.69, 9.17) is 10.00 Å². The zero-order valence-corrected chi connectivity index (χ0v) is 12.4. The summed E-state index contributed by atoms with van der Waals surface area (Å²) in [7, 11) is 0. The Morgan fingerprint density at radius 2 is 2.09 bits per heavy atom. The van der Waals surface area contributed by atoms with Crippen molar-refractivity contribution >= 4 is 12.1 Å². The maximum Gasteiger partial charge on any atom is 0.280 e. The van der Waals surface area contributed by atoms with Crippen LogP contribution >= 0.6 is 0 Å². The average molecular weight is 311 g/mol. The van der Waals surface area contributed by atoms with Gasteiger partial charge in [-0.2, -0.15) is 10.4 Å². The van der Waals surface area contributed by atoms with Gasteiger partial charge in [-0.15, -0.1) is 0 Å². The molecule has 0 aliphatic rings. The maximum absolute atomic E-state index is 13.0. The van der Waals surface area contributed by atoms with Gasteiger partial charge in [0.25, 0.3) is 5.91 Å². The van der Waals surface area contributed by atoms with Gasteiger partial charge in [-0.05, 0) is 48.9 Å². The van der Waals surface area contributed by atoms with Gasteiger partial charge in [-0.25, -0.2) is 9.82 Å². The van der Waals surface area contributed by atoms with Gasteiger partial charge in [0.15, 0.2) is 6.10 Å². The van der Waals surface area contributed by atoms with E-state index in [9.17, 15) is 9.18 Å². The lowest BCUT2D eigenvalue weighted by Gasteiger charge is -2.12. The molecule has 6 heteroatoms. The van der Waals surface area contributed by atoms with Gasteiger partial charge >= 0.3 is 0 Å². The molecule has 0 aromatic heterocycles. The van der Waals surface area contributed by atoms with Crippen LogP contribution in [0.1, 0.15) is 18.1 Å². The largest absolute Gasteiger partial charge is 0.481 e. The van der Waals surface area contributed by atoms with Crippen LogP contribution in [-0.4, -0.2) is 18.2 Å². The van der Waals surface area contributed by atoms with E-state index in [1.165, 1.54) is 18.3 Å². The SMILES string of the molecule is C[C@H](Oc1ccc(C#N)cc1)C(=O)NN=Cc1cccc(F)c1. The van der Waals surface area contributed by atoms with E-state index in [0.717, 1.165) is 0 Å². The van der Waals surface area contributed by atoms with E-state index in [-0.39, 0.29) is 5.82 Å². The van der Waals surface area contributed by atoms with Crippen LogP contribution in [0.5, 0.6) is 5.75 Å². The van der Waals surface area contributed by atoms with Crippen LogP contribution in [0.15, 0.2) is 53.6 Å². The van der Waals surface area contributed by atoms with Crippen molar-refractivity contribution in [2.24, 2.45) is 5.10 Å². The first-order chi connectivity index (χ1) is 11.1. The molecule has 1 amide bonds. The second kappa shape index (κ2) is 7.71. The van der Waals surface area contributed by atoms with Crippen molar-refractivity contribution < 1.29 is 13.9 Å². The Labute approximate surface area is 133 Å². The fourth-order valence-electron chi connectivity index (χ4n) is 1.71. The zero-order valence-electron chi connectivity index (χ0n) is 12.4. The molecule has 0 unspecified atom stereocenters. The number of rotatable bonds is 5. The number of benzene rings is 2. The fraction of sp³-hybridized carbons (Fsp3) is 0.118. The first-order valence-electron chi connectivity index (χ1n) is 6.84. The predicted molar refractivity (Wildman–Crippen MR) is 83.4 cm³/mol. The molecular formula is C17H14FN3O2. The fourth-order valence-corrected chi connectivity index (χ4v) is 1.71. The van der Waals surface area contributed by atoms with Crippen LogP contribution in [0.3, 0.4) is 0 Å². The van der Waals surface area contributed by atoms with Crippen LogP contribution in [0.2, 0.25) is 0 Å². The van der Waals surface area contributed by atoms with Crippen molar-refractivity contribution in [3.63, 3.8) is 0 Å². The zero-order chi connectivity index (χ0) is 16.7. The van der Waals surface area contributed by atoms with Crippen molar-refractivity contribution in [2.75, 3.05) is 0 Å². The summed E-state index contributed by atoms with van der Waals surface area (Å²) in [4.78, 5) is 11.9. The molecule has 1 N–H and O–H groups in total. The molecule has 5 nitrogen and oxygen atoms in total. The van der Waals surface area contributed by atoms with Crippen molar-refractivity contribution in [2.45, 2.75) is 13.0 Å². The van der Waals surface area contributed by atoms with Crippen molar-refractivity contribution in [3.8, 4) is 11.8 Å². The molecule has 116 valence electrons. The first-order valence-corrected chi connectivity index (χ1v) is 6.84. The number of hydrazone groups is 1. The van der Waals surface area contributed by atoms with E-state index >= 15 is 0 Å². The van der Waals surface area contributed by atoms with Crippen LogP contribution in [0, 0.1) is 17.1 Å². The Morgan fingerprint density at radius 1 is 1.35 bits per heavy atom. The summed E-state index contributed by atoms with van der Waals surface area (Å²) >= 11 is 0. The van der Waals surface area contributed by atoms with Crippen molar-refractivity contribution in [1.29, 1.82) is 5.26 Å². The summed E-state index contributed by atoms with van der Waals surface area (Å²) in [6.45, 7) is 1.57. The molecule has 0 radical (unpaired) electrons. The van der Waals surface area contributed by atoms with Gasteiger partial charge in [-0.3, -0.25) is 4.79 Å². The average Bonchev–Trinajstić information content (AvgIpc) is 2.55. The van der Waals surface area contributed by atoms with Crippen molar-refractivity contribution in [3.05, 3.63) is 65.5 Å². The number of carbonyl (C=O) groups excluding carboxylic acids is 1. The Balaban J connectivity index is 1.88. The second-order valence-corrected chi connectivity index (χ2v) is 4.69. The van der Waals surface area contributed by atoms with Gasteiger partial charge in [0.2, 0.25) is 0 Å². The molecule has 0 fully saturated rings. The van der Waals surface area contributed by atoms with Crippen LogP contribution in [0.25, 0.3) is 0 Å². The second-order valence-electron chi connectivity index (χ2n) is 4.69. The molecule has 0 aliphatic carbocycles. The molecule has 1 atom stereocenters. The van der Waals surface area contributed by atoms with Crippen molar-refractivity contribution in [1.82, 2.24) is 5.43 Å². The number of halogens is 1. The summed E-state index contributed by atoms with van der Waals surface area (Å²) in [6, 6.07) is 14.2. The van der Waals surface area contributed by atoms with Crippen LogP contribution < -0.4 is 10.2 Å². The lowest BCUT2D eigenvalue weighted by molar-refractivity contribution is -0.127. The molecule has 0 heterocycles. The lowest BCUT2D eigenvalue weighted by atomic mass is 10.2. The summed E-state index contributed by atoms with van der Waals surface area (Å²) in [6.07, 6.45) is 0.572. The Hall–Kier alpha value is -3.20. The maximum atomic E-state index is 13.0. The van der Waals surface area contributed by atoms with Gasteiger partial charge in [0.1, 0.15) is 11.6 Å². The van der Waals surface area contributed by atoms with E-state index in [1.807, 2.05) is 6.07 Å². The predicted octanol–water partition coefficient (Wildman–Crippen LogP) is 2.61. The Morgan fingerprint density at radius 3 is 2.74 bits per heavy atom. The standard InChI is InChI=1S/C17H14FN3O2/c1-12(23-16-7-5-13(10-19)6-8-16)17(22)21-20-11-14-3-2-4-15(18)9-14/h2-9,11-12H,1H3,(H,21,22)/t12-/m0/s1. The van der Waals surface area contributed by atoms with Gasteiger partial charge < -0.3 is 4.74 Å². The number of hydrogen-bond donors (Lipinski definition) is 1. The first kappa shape index (κ1) is 16.2. The van der Waals surface area contributed by atoms with Gasteiger partial charge in [0.05, 0.1) is 17.8 Å². The highest BCUT2D eigenvalue weighted by molar-refractivity contribution is 5.84. The number of carbonyl (C=O) groups is 1. The van der Waals surface area contributed by atoms with Crippen LogP contribution in [0.4, 0.5) is 4.39 Å². The highest BCUT2D eigenvalue weighted by atomic mass is 19.1. The number of amides is 1. The van der Waals surface area contributed by atoms with Gasteiger partial charge in [-0.1, -0.05) is 12.1 Å². The molecule has 0 saturated heterocycles. The number of nitriles is 1. The van der Waals surface area contributed by atoms with E-state index in [0.29, 0.717) is 16.9 Å². The summed E-state index contributed by atoms with van der Waals surface area (Å²) in [5, 5.41) is 12.5. The third-order valence-corrected chi connectivity index (χ3v) is 2.90. The molecule has 0 bridgehead atoms. The van der Waals surface area contributed by atoms with Gasteiger partial charge in [0, 0.05) is 0 Å². The van der Waals surface area contributed by atoms with Crippen LogP contribution in [-0.2, 0) is 4.79 Å². The van der Waals surface area contributed by atoms with E-state index < -0.39 is 12.0 Å². The highest BCUT2D eigenvalue weighted by Crippen LogP contribution is 2.13. The molecule has 0 aliphatic heterocycles. The number of nitrogens with zero attached hydrogens (tertiary/aromatic N) is 2. The Bertz CT molecular complexity index is 751. The molecule has 2 aromatic rings. The highest BCUT2D eigenvalue weighted by Gasteiger charge is 2.13. The minimum absolute atomic E-state index is 0.377. The molecular weight excluding hydrogens is 297 g/mol. The molecule has 0 spiro atoms.